The predicted octanol–water partition coefficient (Wildman–Crippen LogP) is 0.895. The molecule has 0 bridgehead atoms. The first-order valence-corrected chi connectivity index (χ1v) is 4.23. The Morgan fingerprint density at radius 1 is 1.75 bits per heavy atom. The molecule has 0 amide bonds. The van der Waals surface area contributed by atoms with Crippen LogP contribution in [0.25, 0.3) is 0 Å². The Morgan fingerprint density at radius 2 is 2.42 bits per heavy atom. The van der Waals surface area contributed by atoms with Crippen LogP contribution in [-0.4, -0.2) is 41.3 Å². The number of rotatable bonds is 2. The quantitative estimate of drug-likeness (QED) is 0.677. The van der Waals surface area contributed by atoms with Crippen molar-refractivity contribution in [1.29, 1.82) is 0 Å². The highest BCUT2D eigenvalue weighted by atomic mass is 19.1. The molecule has 0 aromatic rings. The maximum Gasteiger partial charge on any atom is 0.342 e. The molecule has 1 saturated heterocycles. The molecule has 1 fully saturated rings. The maximum atomic E-state index is 13.5. The van der Waals surface area contributed by atoms with Crippen LogP contribution in [0.4, 0.5) is 4.39 Å². The van der Waals surface area contributed by atoms with Gasteiger partial charge in [0.1, 0.15) is 0 Å². The molecule has 1 unspecified atom stereocenters. The van der Waals surface area contributed by atoms with E-state index in [4.69, 9.17) is 5.11 Å². The molecule has 1 rings (SSSR count). The van der Waals surface area contributed by atoms with Gasteiger partial charge >= 0.3 is 5.97 Å². The van der Waals surface area contributed by atoms with E-state index in [2.05, 4.69) is 0 Å². The summed E-state index contributed by atoms with van der Waals surface area (Å²) in [5, 5.41) is 8.61. The Bertz CT molecular complexity index is 186. The van der Waals surface area contributed by atoms with Crippen molar-refractivity contribution in [3.05, 3.63) is 0 Å². The van der Waals surface area contributed by atoms with Crippen molar-refractivity contribution in [1.82, 2.24) is 4.90 Å². The standard InChI is InChI=1S/C8H14FNO2/c1-2-10-5-3-4-8(9,6-10)7(11)12/h2-6H2,1H3,(H,11,12). The summed E-state index contributed by atoms with van der Waals surface area (Å²) < 4.78 is 13.5. The molecule has 3 nitrogen and oxygen atoms in total. The van der Waals surface area contributed by atoms with Gasteiger partial charge in [-0.05, 0) is 25.9 Å². The number of halogens is 1. The predicted molar refractivity (Wildman–Crippen MR) is 42.8 cm³/mol. The number of hydrogen-bond acceptors (Lipinski definition) is 2. The molecule has 1 aliphatic rings. The van der Waals surface area contributed by atoms with Crippen molar-refractivity contribution in [2.24, 2.45) is 0 Å². The van der Waals surface area contributed by atoms with E-state index >= 15 is 0 Å². The van der Waals surface area contributed by atoms with Crippen molar-refractivity contribution in [3.8, 4) is 0 Å². The van der Waals surface area contributed by atoms with Crippen LogP contribution in [0, 0.1) is 0 Å². The lowest BCUT2D eigenvalue weighted by atomic mass is 9.95. The van der Waals surface area contributed by atoms with Crippen molar-refractivity contribution in [2.75, 3.05) is 19.6 Å². The van der Waals surface area contributed by atoms with Gasteiger partial charge in [-0.2, -0.15) is 0 Å². The average Bonchev–Trinajstić information content (AvgIpc) is 2.04. The van der Waals surface area contributed by atoms with Gasteiger partial charge in [-0.25, -0.2) is 9.18 Å². The Morgan fingerprint density at radius 3 is 2.92 bits per heavy atom. The number of alkyl halides is 1. The highest BCUT2D eigenvalue weighted by molar-refractivity contribution is 5.77. The molecule has 12 heavy (non-hydrogen) atoms. The summed E-state index contributed by atoms with van der Waals surface area (Å²) >= 11 is 0. The first kappa shape index (κ1) is 9.45. The van der Waals surface area contributed by atoms with Crippen LogP contribution in [0.5, 0.6) is 0 Å². The lowest BCUT2D eigenvalue weighted by Crippen LogP contribution is -2.49. The lowest BCUT2D eigenvalue weighted by Gasteiger charge is -2.33. The van der Waals surface area contributed by atoms with Gasteiger partial charge in [0, 0.05) is 6.54 Å². The van der Waals surface area contributed by atoms with E-state index in [0.717, 1.165) is 13.1 Å². The zero-order valence-corrected chi connectivity index (χ0v) is 7.22. The Labute approximate surface area is 71.2 Å². The van der Waals surface area contributed by atoms with E-state index < -0.39 is 11.6 Å². The number of hydrogen-bond donors (Lipinski definition) is 1. The van der Waals surface area contributed by atoms with Crippen molar-refractivity contribution < 1.29 is 14.3 Å². The third-order valence-electron chi connectivity index (χ3n) is 2.35. The fourth-order valence-electron chi connectivity index (χ4n) is 1.54. The van der Waals surface area contributed by atoms with Gasteiger partial charge in [-0.1, -0.05) is 6.92 Å². The Kier molecular flexibility index (Phi) is 2.67. The van der Waals surface area contributed by atoms with Gasteiger partial charge in [0.25, 0.3) is 0 Å². The number of nitrogens with zero attached hydrogens (tertiary/aromatic N) is 1. The van der Waals surface area contributed by atoms with Crippen LogP contribution in [0.3, 0.4) is 0 Å². The van der Waals surface area contributed by atoms with E-state index in [1.807, 2.05) is 11.8 Å². The largest absolute Gasteiger partial charge is 0.479 e. The van der Waals surface area contributed by atoms with Gasteiger partial charge < -0.3 is 5.11 Å². The third kappa shape index (κ3) is 1.75. The first-order valence-electron chi connectivity index (χ1n) is 4.23. The van der Waals surface area contributed by atoms with Crippen LogP contribution in [0.1, 0.15) is 19.8 Å². The molecule has 1 heterocycles. The lowest BCUT2D eigenvalue weighted by molar-refractivity contribution is -0.154. The van der Waals surface area contributed by atoms with E-state index in [9.17, 15) is 9.18 Å². The number of likely N-dealkylation sites (tertiary alicyclic amines) is 1. The molecule has 1 aliphatic heterocycles. The topological polar surface area (TPSA) is 40.5 Å². The minimum Gasteiger partial charge on any atom is -0.479 e. The molecule has 1 atom stereocenters. The molecule has 70 valence electrons. The average molecular weight is 175 g/mol. The van der Waals surface area contributed by atoms with Crippen molar-refractivity contribution in [3.63, 3.8) is 0 Å². The summed E-state index contributed by atoms with van der Waals surface area (Å²) in [5.41, 5.74) is -2.01. The molecule has 4 heteroatoms. The fourth-order valence-corrected chi connectivity index (χ4v) is 1.54. The number of piperidine rings is 1. The van der Waals surface area contributed by atoms with Gasteiger partial charge in [-0.15, -0.1) is 0 Å². The Balaban J connectivity index is 2.61. The van der Waals surface area contributed by atoms with Crippen LogP contribution in [0.15, 0.2) is 0 Å². The number of aliphatic carboxylic acids is 1. The zero-order valence-electron chi connectivity index (χ0n) is 7.22. The second kappa shape index (κ2) is 3.39. The van der Waals surface area contributed by atoms with Gasteiger partial charge in [-0.3, -0.25) is 4.90 Å². The van der Waals surface area contributed by atoms with E-state index in [1.165, 1.54) is 0 Å². The van der Waals surface area contributed by atoms with Crippen LogP contribution in [0.2, 0.25) is 0 Å². The summed E-state index contributed by atoms with van der Waals surface area (Å²) in [6.07, 6.45) is 0.787. The molecule has 0 saturated carbocycles. The highest BCUT2D eigenvalue weighted by Crippen LogP contribution is 2.25. The van der Waals surface area contributed by atoms with E-state index in [0.29, 0.717) is 6.42 Å². The smallest absolute Gasteiger partial charge is 0.342 e. The summed E-state index contributed by atoms with van der Waals surface area (Å²) in [5.74, 6) is -1.32. The molecular weight excluding hydrogens is 161 g/mol. The fraction of sp³-hybridized carbons (Fsp3) is 0.875. The number of carbonyl (C=O) groups is 1. The summed E-state index contributed by atoms with van der Waals surface area (Å²) in [7, 11) is 0. The highest BCUT2D eigenvalue weighted by Gasteiger charge is 2.42. The van der Waals surface area contributed by atoms with Gasteiger partial charge in [0.15, 0.2) is 0 Å². The molecule has 0 radical (unpaired) electrons. The van der Waals surface area contributed by atoms with Gasteiger partial charge in [0.2, 0.25) is 5.67 Å². The normalized spacial score (nSPS) is 31.8. The molecule has 1 N–H and O–H groups in total. The molecule has 0 spiro atoms. The molecule has 0 aromatic heterocycles. The Hall–Kier alpha value is -0.640. The third-order valence-corrected chi connectivity index (χ3v) is 2.35. The minimum atomic E-state index is -2.01. The van der Waals surface area contributed by atoms with Crippen LogP contribution < -0.4 is 0 Å². The van der Waals surface area contributed by atoms with Gasteiger partial charge in [0.05, 0.1) is 0 Å². The summed E-state index contributed by atoms with van der Waals surface area (Å²) in [6, 6.07) is 0. The zero-order chi connectivity index (χ0) is 9.19. The molecule has 0 aromatic carbocycles. The van der Waals surface area contributed by atoms with Crippen LogP contribution in [-0.2, 0) is 4.79 Å². The second-order valence-corrected chi connectivity index (χ2v) is 3.24. The molecule has 0 aliphatic carbocycles. The maximum absolute atomic E-state index is 13.5. The monoisotopic (exact) mass is 175 g/mol. The first-order chi connectivity index (χ1) is 5.58. The SMILES string of the molecule is CCN1CCCC(F)(C(=O)O)C1. The summed E-state index contributed by atoms with van der Waals surface area (Å²) in [6.45, 7) is 3.49. The van der Waals surface area contributed by atoms with Crippen LogP contribution >= 0.6 is 0 Å². The van der Waals surface area contributed by atoms with E-state index in [-0.39, 0.29) is 13.0 Å². The molecular formula is C8H14FNO2. The van der Waals surface area contributed by atoms with Crippen molar-refractivity contribution in [2.45, 2.75) is 25.4 Å². The second-order valence-electron chi connectivity index (χ2n) is 3.24. The number of carboxylic acid groups (broad SMARTS) is 1. The van der Waals surface area contributed by atoms with Crippen molar-refractivity contribution >= 4 is 5.97 Å². The summed E-state index contributed by atoms with van der Waals surface area (Å²) in [4.78, 5) is 12.4. The number of carboxylic acids is 1. The minimum absolute atomic E-state index is 0.0405. The van der Waals surface area contributed by atoms with E-state index in [1.54, 1.807) is 0 Å².